The summed E-state index contributed by atoms with van der Waals surface area (Å²) in [7, 11) is 0. The molecule has 0 spiro atoms. The molecule has 0 radical (unpaired) electrons. The third-order valence-corrected chi connectivity index (χ3v) is 1.88. The predicted octanol–water partition coefficient (Wildman–Crippen LogP) is 1.27. The number of rotatable bonds is 3. The first-order valence-corrected chi connectivity index (χ1v) is 4.10. The monoisotopic (exact) mass is 190 g/mol. The average molecular weight is 190 g/mol. The molecule has 0 saturated carbocycles. The van der Waals surface area contributed by atoms with Gasteiger partial charge < -0.3 is 10.2 Å². The van der Waals surface area contributed by atoms with Gasteiger partial charge in [0.2, 0.25) is 0 Å². The van der Waals surface area contributed by atoms with Gasteiger partial charge in [-0.3, -0.25) is 4.79 Å². The fraction of sp³-hybridized carbons (Fsp3) is 0.182. The molecule has 0 fully saturated rings. The topological polar surface area (TPSA) is 57.5 Å². The first-order valence-electron chi connectivity index (χ1n) is 4.10. The molecular weight excluding hydrogens is 180 g/mol. The number of carbonyl (C=O) groups is 1. The molecular formula is C11H10O3. The molecule has 0 aromatic heterocycles. The van der Waals surface area contributed by atoms with Gasteiger partial charge in [-0.1, -0.05) is 18.1 Å². The van der Waals surface area contributed by atoms with Crippen molar-refractivity contribution in [3.8, 4) is 18.1 Å². The fourth-order valence-corrected chi connectivity index (χ4v) is 1.09. The minimum absolute atomic E-state index is 0.154. The van der Waals surface area contributed by atoms with Crippen molar-refractivity contribution in [3.05, 3.63) is 29.8 Å². The maximum Gasteiger partial charge on any atom is 0.319 e. The van der Waals surface area contributed by atoms with E-state index in [4.69, 9.17) is 16.6 Å². The molecule has 3 nitrogen and oxygen atoms in total. The van der Waals surface area contributed by atoms with E-state index in [0.717, 1.165) is 5.56 Å². The molecule has 0 bridgehead atoms. The number of hydrogen-bond donors (Lipinski definition) is 2. The van der Waals surface area contributed by atoms with Gasteiger partial charge in [-0.25, -0.2) is 0 Å². The zero-order valence-electron chi connectivity index (χ0n) is 7.47. The molecule has 0 amide bonds. The van der Waals surface area contributed by atoms with Crippen molar-refractivity contribution in [1.82, 2.24) is 0 Å². The lowest BCUT2D eigenvalue weighted by atomic mass is 10.0. The SMILES string of the molecule is C#CC(Cc1ccc(O)cc1)C(=O)O. The van der Waals surface area contributed by atoms with Gasteiger partial charge in [-0.05, 0) is 24.1 Å². The van der Waals surface area contributed by atoms with Crippen molar-refractivity contribution >= 4 is 5.97 Å². The van der Waals surface area contributed by atoms with Gasteiger partial charge in [0.25, 0.3) is 0 Å². The summed E-state index contributed by atoms with van der Waals surface area (Å²) < 4.78 is 0. The maximum atomic E-state index is 10.6. The summed E-state index contributed by atoms with van der Waals surface area (Å²) in [6, 6.07) is 6.32. The molecule has 0 heterocycles. The Balaban J connectivity index is 2.74. The zero-order chi connectivity index (χ0) is 10.6. The average Bonchev–Trinajstić information content (AvgIpc) is 2.16. The molecule has 1 aromatic rings. The molecule has 3 heteroatoms. The summed E-state index contributed by atoms with van der Waals surface area (Å²) in [6.45, 7) is 0. The van der Waals surface area contributed by atoms with Crippen molar-refractivity contribution in [2.24, 2.45) is 5.92 Å². The Morgan fingerprint density at radius 2 is 2.00 bits per heavy atom. The Bertz CT molecular complexity index is 359. The molecule has 0 aliphatic carbocycles. The first-order chi connectivity index (χ1) is 6.63. The third-order valence-electron chi connectivity index (χ3n) is 1.88. The number of carboxylic acid groups (broad SMARTS) is 1. The van der Waals surface area contributed by atoms with Crippen LogP contribution in [0.5, 0.6) is 5.75 Å². The summed E-state index contributed by atoms with van der Waals surface area (Å²) in [5, 5.41) is 17.7. The first kappa shape index (κ1) is 10.1. The van der Waals surface area contributed by atoms with Crippen molar-refractivity contribution in [2.75, 3.05) is 0 Å². The van der Waals surface area contributed by atoms with Crippen molar-refractivity contribution in [3.63, 3.8) is 0 Å². The van der Waals surface area contributed by atoms with Gasteiger partial charge in [-0.2, -0.15) is 0 Å². The highest BCUT2D eigenvalue weighted by atomic mass is 16.4. The van der Waals surface area contributed by atoms with E-state index in [1.165, 1.54) is 12.1 Å². The molecule has 72 valence electrons. The summed E-state index contributed by atoms with van der Waals surface area (Å²) in [5.74, 6) is 0.551. The number of phenolic OH excluding ortho intramolecular Hbond substituents is 1. The van der Waals surface area contributed by atoms with E-state index in [9.17, 15) is 4.79 Å². The molecule has 0 aliphatic rings. The summed E-state index contributed by atoms with van der Waals surface area (Å²) in [6.07, 6.45) is 5.36. The molecule has 1 aromatic carbocycles. The number of aliphatic carboxylic acids is 1. The number of phenols is 1. The van der Waals surface area contributed by atoms with Crippen LogP contribution in [0.15, 0.2) is 24.3 Å². The lowest BCUT2D eigenvalue weighted by molar-refractivity contribution is -0.139. The lowest BCUT2D eigenvalue weighted by Gasteiger charge is -2.04. The van der Waals surface area contributed by atoms with Crippen LogP contribution in [-0.2, 0) is 11.2 Å². The Labute approximate surface area is 82.0 Å². The van der Waals surface area contributed by atoms with Crippen molar-refractivity contribution in [1.29, 1.82) is 0 Å². The van der Waals surface area contributed by atoms with E-state index in [2.05, 4.69) is 5.92 Å². The number of hydrogen-bond acceptors (Lipinski definition) is 2. The normalized spacial score (nSPS) is 11.6. The molecule has 14 heavy (non-hydrogen) atoms. The predicted molar refractivity (Wildman–Crippen MR) is 51.8 cm³/mol. The number of benzene rings is 1. The Morgan fingerprint density at radius 1 is 1.43 bits per heavy atom. The minimum Gasteiger partial charge on any atom is -0.508 e. The van der Waals surface area contributed by atoms with Crippen LogP contribution in [0.4, 0.5) is 0 Å². The largest absolute Gasteiger partial charge is 0.508 e. The van der Waals surface area contributed by atoms with Crippen LogP contribution in [0, 0.1) is 18.3 Å². The Kier molecular flexibility index (Phi) is 3.14. The molecule has 0 saturated heterocycles. The van der Waals surface area contributed by atoms with Crippen LogP contribution in [0.25, 0.3) is 0 Å². The summed E-state index contributed by atoms with van der Waals surface area (Å²) in [5.41, 5.74) is 0.799. The molecule has 2 N–H and O–H groups in total. The summed E-state index contributed by atoms with van der Waals surface area (Å²) >= 11 is 0. The Morgan fingerprint density at radius 3 is 2.43 bits per heavy atom. The van der Waals surface area contributed by atoms with Crippen LogP contribution >= 0.6 is 0 Å². The standard InChI is InChI=1S/C11H10O3/c1-2-9(11(13)14)7-8-3-5-10(12)6-4-8/h1,3-6,9,12H,7H2,(H,13,14). The van der Waals surface area contributed by atoms with E-state index < -0.39 is 11.9 Å². The van der Waals surface area contributed by atoms with Crippen molar-refractivity contribution in [2.45, 2.75) is 6.42 Å². The molecule has 1 atom stereocenters. The highest BCUT2D eigenvalue weighted by Crippen LogP contribution is 2.13. The van der Waals surface area contributed by atoms with Gasteiger partial charge in [0.1, 0.15) is 11.7 Å². The lowest BCUT2D eigenvalue weighted by Crippen LogP contribution is -2.13. The van der Waals surface area contributed by atoms with Crippen LogP contribution in [0.1, 0.15) is 5.56 Å². The quantitative estimate of drug-likeness (QED) is 0.705. The zero-order valence-corrected chi connectivity index (χ0v) is 7.47. The number of terminal acetylenes is 1. The van der Waals surface area contributed by atoms with E-state index in [1.807, 2.05) is 0 Å². The van der Waals surface area contributed by atoms with Crippen LogP contribution < -0.4 is 0 Å². The van der Waals surface area contributed by atoms with Gasteiger partial charge in [0, 0.05) is 0 Å². The van der Waals surface area contributed by atoms with Gasteiger partial charge in [0.15, 0.2) is 0 Å². The second kappa shape index (κ2) is 4.33. The summed E-state index contributed by atoms with van der Waals surface area (Å²) in [4.78, 5) is 10.6. The van der Waals surface area contributed by atoms with E-state index in [-0.39, 0.29) is 12.2 Å². The second-order valence-electron chi connectivity index (χ2n) is 2.93. The van der Waals surface area contributed by atoms with Crippen molar-refractivity contribution < 1.29 is 15.0 Å². The highest BCUT2D eigenvalue weighted by Gasteiger charge is 2.14. The van der Waals surface area contributed by atoms with Crippen LogP contribution in [-0.4, -0.2) is 16.2 Å². The number of carboxylic acids is 1. The van der Waals surface area contributed by atoms with Crippen LogP contribution in [0.2, 0.25) is 0 Å². The minimum atomic E-state index is -0.999. The smallest absolute Gasteiger partial charge is 0.319 e. The number of aromatic hydroxyl groups is 1. The second-order valence-corrected chi connectivity index (χ2v) is 2.93. The fourth-order valence-electron chi connectivity index (χ4n) is 1.09. The Hall–Kier alpha value is -1.95. The molecule has 0 aliphatic heterocycles. The molecule has 1 unspecified atom stereocenters. The van der Waals surface area contributed by atoms with Gasteiger partial charge in [0.05, 0.1) is 0 Å². The van der Waals surface area contributed by atoms with E-state index in [0.29, 0.717) is 0 Å². The third kappa shape index (κ3) is 2.53. The van der Waals surface area contributed by atoms with Gasteiger partial charge in [-0.15, -0.1) is 6.42 Å². The maximum absolute atomic E-state index is 10.6. The molecule has 1 rings (SSSR count). The van der Waals surface area contributed by atoms with E-state index >= 15 is 0 Å². The van der Waals surface area contributed by atoms with E-state index in [1.54, 1.807) is 12.1 Å². The highest BCUT2D eigenvalue weighted by molar-refractivity contribution is 5.73. The van der Waals surface area contributed by atoms with Crippen LogP contribution in [0.3, 0.4) is 0 Å². The van der Waals surface area contributed by atoms with Gasteiger partial charge >= 0.3 is 5.97 Å².